The van der Waals surface area contributed by atoms with Crippen LogP contribution < -0.4 is 4.74 Å². The number of aromatic carboxylic acids is 1. The maximum atomic E-state index is 11.0. The molecule has 1 aliphatic carbocycles. The van der Waals surface area contributed by atoms with Gasteiger partial charge in [-0.05, 0) is 25.3 Å². The maximum absolute atomic E-state index is 11.0. The van der Waals surface area contributed by atoms with Crippen LogP contribution in [0.3, 0.4) is 0 Å². The van der Waals surface area contributed by atoms with Crippen molar-refractivity contribution in [3.05, 3.63) is 17.8 Å². The third kappa shape index (κ3) is 2.95. The molecule has 1 heterocycles. The molecule has 2 rings (SSSR count). The van der Waals surface area contributed by atoms with E-state index in [9.17, 15) is 4.79 Å². The molecule has 0 spiro atoms. The molecule has 0 aliphatic heterocycles. The van der Waals surface area contributed by atoms with Crippen LogP contribution in [0.2, 0.25) is 0 Å². The van der Waals surface area contributed by atoms with Gasteiger partial charge in [-0.25, -0.2) is 4.79 Å². The highest BCUT2D eigenvalue weighted by atomic mass is 16.5. The number of carboxylic acids is 1. The van der Waals surface area contributed by atoms with Crippen LogP contribution in [-0.4, -0.2) is 40.6 Å². The summed E-state index contributed by atoms with van der Waals surface area (Å²) in [5, 5.41) is 16.4. The van der Waals surface area contributed by atoms with Crippen LogP contribution in [0, 0.1) is 0 Å². The number of rotatable bonds is 4. The lowest BCUT2D eigenvalue weighted by Crippen LogP contribution is -2.30. The van der Waals surface area contributed by atoms with E-state index in [1.165, 1.54) is 12.3 Å². The van der Waals surface area contributed by atoms with Crippen LogP contribution >= 0.6 is 0 Å². The van der Waals surface area contributed by atoms with Crippen molar-refractivity contribution in [1.29, 1.82) is 0 Å². The van der Waals surface area contributed by atoms with E-state index in [2.05, 4.69) is 10.2 Å². The minimum atomic E-state index is -1.06. The Bertz CT molecular complexity index is 424. The molecule has 1 aliphatic rings. The fourth-order valence-corrected chi connectivity index (χ4v) is 2.15. The molecule has 2 atom stereocenters. The van der Waals surface area contributed by atoms with Crippen molar-refractivity contribution in [2.24, 2.45) is 0 Å². The number of methoxy groups -OCH3 is 1. The van der Waals surface area contributed by atoms with Crippen LogP contribution in [0.25, 0.3) is 0 Å². The van der Waals surface area contributed by atoms with Gasteiger partial charge in [0.15, 0.2) is 0 Å². The lowest BCUT2D eigenvalue weighted by Gasteiger charge is -2.28. The predicted molar refractivity (Wildman–Crippen MR) is 62.7 cm³/mol. The third-order valence-electron chi connectivity index (χ3n) is 3.11. The summed E-state index contributed by atoms with van der Waals surface area (Å²) in [6, 6.07) is 1.39. The van der Waals surface area contributed by atoms with Gasteiger partial charge in [-0.2, -0.15) is 5.10 Å². The first-order valence-corrected chi connectivity index (χ1v) is 5.95. The largest absolute Gasteiger partial charge is 0.477 e. The monoisotopic (exact) mass is 252 g/mol. The lowest BCUT2D eigenvalue weighted by molar-refractivity contribution is 0.0186. The minimum absolute atomic E-state index is 0.0459. The Morgan fingerprint density at radius 3 is 2.94 bits per heavy atom. The lowest BCUT2D eigenvalue weighted by atomic mass is 9.95. The summed E-state index contributed by atoms with van der Waals surface area (Å²) in [6.07, 6.45) is 5.12. The number of nitrogens with zero attached hydrogens (tertiary/aromatic N) is 2. The summed E-state index contributed by atoms with van der Waals surface area (Å²) >= 11 is 0. The molecule has 1 saturated carbocycles. The second-order valence-electron chi connectivity index (χ2n) is 4.32. The third-order valence-corrected chi connectivity index (χ3v) is 3.11. The molecule has 0 radical (unpaired) electrons. The highest BCUT2D eigenvalue weighted by molar-refractivity contribution is 5.89. The Kier molecular flexibility index (Phi) is 4.09. The zero-order valence-electron chi connectivity index (χ0n) is 10.2. The van der Waals surface area contributed by atoms with Gasteiger partial charge in [0, 0.05) is 13.5 Å². The summed E-state index contributed by atoms with van der Waals surface area (Å²) in [6.45, 7) is 0. The molecule has 6 nitrogen and oxygen atoms in total. The summed E-state index contributed by atoms with van der Waals surface area (Å²) in [5.74, 6) is -0.967. The van der Waals surface area contributed by atoms with E-state index < -0.39 is 5.97 Å². The summed E-state index contributed by atoms with van der Waals surface area (Å²) < 4.78 is 10.9. The van der Waals surface area contributed by atoms with E-state index in [0.29, 0.717) is 0 Å². The molecule has 1 aromatic heterocycles. The average Bonchev–Trinajstić information content (AvgIpc) is 2.39. The standard InChI is InChI=1S/C12H16N2O4/c1-17-8-3-2-4-9(7-8)18-11-10(12(15)16)5-6-13-14-11/h5-6,8-9H,2-4,7H2,1H3,(H,15,16). The van der Waals surface area contributed by atoms with E-state index >= 15 is 0 Å². The van der Waals surface area contributed by atoms with Gasteiger partial charge >= 0.3 is 5.97 Å². The average molecular weight is 252 g/mol. The Morgan fingerprint density at radius 2 is 2.22 bits per heavy atom. The van der Waals surface area contributed by atoms with Crippen molar-refractivity contribution in [3.63, 3.8) is 0 Å². The Balaban J connectivity index is 2.07. The predicted octanol–water partition coefficient (Wildman–Crippen LogP) is 1.51. The zero-order valence-corrected chi connectivity index (χ0v) is 10.2. The fraction of sp³-hybridized carbons (Fsp3) is 0.583. The van der Waals surface area contributed by atoms with Crippen LogP contribution in [0.1, 0.15) is 36.0 Å². The van der Waals surface area contributed by atoms with Crippen molar-refractivity contribution < 1.29 is 19.4 Å². The molecule has 0 bridgehead atoms. The molecular weight excluding hydrogens is 236 g/mol. The first-order chi connectivity index (χ1) is 8.70. The molecule has 0 saturated heterocycles. The molecule has 2 unspecified atom stereocenters. The maximum Gasteiger partial charge on any atom is 0.341 e. The number of hydrogen-bond donors (Lipinski definition) is 1. The van der Waals surface area contributed by atoms with Crippen molar-refractivity contribution in [2.75, 3.05) is 7.11 Å². The van der Waals surface area contributed by atoms with E-state index in [4.69, 9.17) is 14.6 Å². The molecule has 6 heteroatoms. The molecule has 1 N–H and O–H groups in total. The molecular formula is C12H16N2O4. The van der Waals surface area contributed by atoms with Gasteiger partial charge in [-0.1, -0.05) is 0 Å². The normalized spacial score (nSPS) is 23.6. The smallest absolute Gasteiger partial charge is 0.341 e. The number of carbonyl (C=O) groups is 1. The highest BCUT2D eigenvalue weighted by Gasteiger charge is 2.25. The summed E-state index contributed by atoms with van der Waals surface area (Å²) in [4.78, 5) is 11.0. The van der Waals surface area contributed by atoms with Crippen LogP contribution in [0.5, 0.6) is 5.88 Å². The van der Waals surface area contributed by atoms with Crippen LogP contribution in [0.15, 0.2) is 12.3 Å². The van der Waals surface area contributed by atoms with Gasteiger partial charge in [0.25, 0.3) is 0 Å². The Morgan fingerprint density at radius 1 is 1.44 bits per heavy atom. The van der Waals surface area contributed by atoms with E-state index in [1.54, 1.807) is 7.11 Å². The van der Waals surface area contributed by atoms with Crippen molar-refractivity contribution >= 4 is 5.97 Å². The molecule has 0 aromatic carbocycles. The summed E-state index contributed by atoms with van der Waals surface area (Å²) in [5.41, 5.74) is 0.0459. The van der Waals surface area contributed by atoms with Crippen LogP contribution in [0.4, 0.5) is 0 Å². The zero-order chi connectivity index (χ0) is 13.0. The molecule has 0 amide bonds. The quantitative estimate of drug-likeness (QED) is 0.874. The highest BCUT2D eigenvalue weighted by Crippen LogP contribution is 2.25. The van der Waals surface area contributed by atoms with Gasteiger partial charge < -0.3 is 14.6 Å². The number of ether oxygens (including phenoxy) is 2. The van der Waals surface area contributed by atoms with E-state index in [1.807, 2.05) is 0 Å². The topological polar surface area (TPSA) is 81.5 Å². The first-order valence-electron chi connectivity index (χ1n) is 5.95. The molecule has 1 aromatic rings. The molecule has 98 valence electrons. The van der Waals surface area contributed by atoms with Crippen LogP contribution in [-0.2, 0) is 4.74 Å². The van der Waals surface area contributed by atoms with Gasteiger partial charge in [-0.3, -0.25) is 0 Å². The van der Waals surface area contributed by atoms with Gasteiger partial charge in [0.2, 0.25) is 5.88 Å². The number of hydrogen-bond acceptors (Lipinski definition) is 5. The van der Waals surface area contributed by atoms with E-state index in [0.717, 1.165) is 25.7 Å². The minimum Gasteiger partial charge on any atom is -0.477 e. The van der Waals surface area contributed by atoms with Gasteiger partial charge in [0.05, 0.1) is 12.3 Å². The first kappa shape index (κ1) is 12.8. The van der Waals surface area contributed by atoms with Gasteiger partial charge in [0.1, 0.15) is 11.7 Å². The second-order valence-corrected chi connectivity index (χ2v) is 4.32. The molecule has 18 heavy (non-hydrogen) atoms. The summed E-state index contributed by atoms with van der Waals surface area (Å²) in [7, 11) is 1.68. The van der Waals surface area contributed by atoms with Crippen molar-refractivity contribution in [3.8, 4) is 5.88 Å². The van der Waals surface area contributed by atoms with Crippen molar-refractivity contribution in [2.45, 2.75) is 37.9 Å². The van der Waals surface area contributed by atoms with E-state index in [-0.39, 0.29) is 23.7 Å². The fourth-order valence-electron chi connectivity index (χ4n) is 2.15. The second kappa shape index (κ2) is 5.77. The number of aromatic nitrogens is 2. The van der Waals surface area contributed by atoms with Gasteiger partial charge in [-0.15, -0.1) is 5.10 Å². The Hall–Kier alpha value is -1.69. The molecule has 1 fully saturated rings. The Labute approximate surface area is 105 Å². The SMILES string of the molecule is COC1CCCC(Oc2nnccc2C(=O)O)C1. The van der Waals surface area contributed by atoms with Crippen molar-refractivity contribution in [1.82, 2.24) is 10.2 Å². The number of carboxylic acid groups (broad SMARTS) is 1.